The van der Waals surface area contributed by atoms with Crippen molar-refractivity contribution in [3.8, 4) is 11.1 Å². The van der Waals surface area contributed by atoms with Crippen LogP contribution in [0.3, 0.4) is 0 Å². The summed E-state index contributed by atoms with van der Waals surface area (Å²) in [4.78, 5) is 36.9. The van der Waals surface area contributed by atoms with E-state index in [9.17, 15) is 14.4 Å². The van der Waals surface area contributed by atoms with E-state index in [1.807, 2.05) is 61.5 Å². The first kappa shape index (κ1) is 25.2. The molecule has 1 aliphatic rings. The number of carbonyl (C=O) groups excluding carboxylic acids is 2. The van der Waals surface area contributed by atoms with Crippen molar-refractivity contribution in [1.82, 2.24) is 15.5 Å². The lowest BCUT2D eigenvalue weighted by Crippen LogP contribution is -2.40. The minimum Gasteiger partial charge on any atom is -0.477 e. The Kier molecular flexibility index (Phi) is 7.83. The molecule has 0 aliphatic heterocycles. The van der Waals surface area contributed by atoms with E-state index in [0.29, 0.717) is 19.4 Å². The number of unbranched alkanes of at least 4 members (excludes halogenated alkanes) is 1. The lowest BCUT2D eigenvalue weighted by molar-refractivity contribution is -0.150. The van der Waals surface area contributed by atoms with Gasteiger partial charge in [0.1, 0.15) is 5.69 Å². The fraction of sp³-hybridized carbons (Fsp3) is 0.357. The van der Waals surface area contributed by atoms with Crippen LogP contribution in [0.25, 0.3) is 11.1 Å². The van der Waals surface area contributed by atoms with Crippen LogP contribution in [0.2, 0.25) is 0 Å². The monoisotopic (exact) mass is 489 g/mol. The molecular formula is C28H31N3O5. The molecular weight excluding hydrogens is 458 g/mol. The fourth-order valence-corrected chi connectivity index (χ4v) is 4.31. The Morgan fingerprint density at radius 1 is 1.08 bits per heavy atom. The summed E-state index contributed by atoms with van der Waals surface area (Å²) >= 11 is 0. The molecule has 1 amide bonds. The number of esters is 1. The molecule has 0 unspecified atom stereocenters. The predicted molar refractivity (Wildman–Crippen MR) is 135 cm³/mol. The predicted octanol–water partition coefficient (Wildman–Crippen LogP) is 4.63. The summed E-state index contributed by atoms with van der Waals surface area (Å²) in [5, 5.41) is 18.3. The number of carbonyl (C=O) groups is 3. The van der Waals surface area contributed by atoms with Gasteiger partial charge >= 0.3 is 11.9 Å². The molecule has 1 saturated carbocycles. The molecule has 1 aromatic heterocycles. The summed E-state index contributed by atoms with van der Waals surface area (Å²) in [7, 11) is 0. The molecule has 188 valence electrons. The number of nitrogens with one attached hydrogen (secondary N) is 2. The highest BCUT2D eigenvalue weighted by molar-refractivity contribution is 5.95. The summed E-state index contributed by atoms with van der Waals surface area (Å²) in [6.07, 6.45) is 4.17. The van der Waals surface area contributed by atoms with Gasteiger partial charge in [0, 0.05) is 12.1 Å². The van der Waals surface area contributed by atoms with E-state index in [2.05, 4.69) is 15.5 Å². The SMILES string of the molecule is CCCCOC(=O)C1(C[C@@H](Cc2ccc(-c3ccccc3)cc2)NC(=O)c2cc(C(=O)O)[nH]n2)CC1. The van der Waals surface area contributed by atoms with Gasteiger partial charge < -0.3 is 15.2 Å². The number of aromatic nitrogens is 2. The molecule has 8 nitrogen and oxygen atoms in total. The molecule has 1 fully saturated rings. The summed E-state index contributed by atoms with van der Waals surface area (Å²) < 4.78 is 5.51. The molecule has 0 bridgehead atoms. The highest BCUT2D eigenvalue weighted by Gasteiger charge is 2.52. The molecule has 2 aromatic carbocycles. The van der Waals surface area contributed by atoms with Crippen molar-refractivity contribution >= 4 is 17.8 Å². The second kappa shape index (κ2) is 11.2. The first-order valence-corrected chi connectivity index (χ1v) is 12.3. The fourth-order valence-electron chi connectivity index (χ4n) is 4.31. The van der Waals surface area contributed by atoms with Crippen LogP contribution in [0.5, 0.6) is 0 Å². The van der Waals surface area contributed by atoms with E-state index < -0.39 is 17.3 Å². The van der Waals surface area contributed by atoms with Crippen LogP contribution in [-0.4, -0.2) is 45.8 Å². The highest BCUT2D eigenvalue weighted by Crippen LogP contribution is 2.51. The number of nitrogens with zero attached hydrogens (tertiary/aromatic N) is 1. The first-order valence-electron chi connectivity index (χ1n) is 12.3. The van der Waals surface area contributed by atoms with Crippen molar-refractivity contribution in [2.45, 2.75) is 51.5 Å². The Balaban J connectivity index is 1.49. The number of aromatic amines is 1. The van der Waals surface area contributed by atoms with Crippen molar-refractivity contribution in [1.29, 1.82) is 0 Å². The standard InChI is InChI=1S/C28H31N3O5/c1-2-3-15-36-27(35)28(13-14-28)18-22(29-25(32)23-17-24(26(33)34)31-30-23)16-19-9-11-21(12-10-19)20-7-5-4-6-8-20/h4-12,17,22H,2-3,13-16,18H2,1H3,(H,29,32)(H,30,31)(H,33,34)/t22-/m1/s1. The molecule has 0 saturated heterocycles. The molecule has 1 atom stereocenters. The highest BCUT2D eigenvalue weighted by atomic mass is 16.5. The Hall–Kier alpha value is -3.94. The molecule has 36 heavy (non-hydrogen) atoms. The van der Waals surface area contributed by atoms with E-state index >= 15 is 0 Å². The maximum atomic E-state index is 12.9. The molecule has 1 heterocycles. The number of benzene rings is 2. The summed E-state index contributed by atoms with van der Waals surface area (Å²) in [6.45, 7) is 2.44. The summed E-state index contributed by atoms with van der Waals surface area (Å²) in [5.74, 6) is -1.88. The van der Waals surface area contributed by atoms with Gasteiger partial charge in [-0.25, -0.2) is 4.79 Å². The molecule has 3 N–H and O–H groups in total. The van der Waals surface area contributed by atoms with E-state index in [1.165, 1.54) is 6.07 Å². The third kappa shape index (κ3) is 6.19. The normalized spacial score (nSPS) is 14.6. The molecule has 0 spiro atoms. The Morgan fingerprint density at radius 2 is 1.78 bits per heavy atom. The van der Waals surface area contributed by atoms with Crippen LogP contribution >= 0.6 is 0 Å². The van der Waals surface area contributed by atoms with Gasteiger partial charge in [-0.2, -0.15) is 5.10 Å². The van der Waals surface area contributed by atoms with Crippen LogP contribution in [0.15, 0.2) is 60.7 Å². The zero-order chi connectivity index (χ0) is 25.5. The maximum absolute atomic E-state index is 12.9. The van der Waals surface area contributed by atoms with E-state index in [1.54, 1.807) is 0 Å². The Labute approximate surface area is 210 Å². The Bertz CT molecular complexity index is 1200. The van der Waals surface area contributed by atoms with Gasteiger partial charge in [0.05, 0.1) is 12.0 Å². The number of H-pyrrole nitrogens is 1. The number of hydrogen-bond acceptors (Lipinski definition) is 5. The Morgan fingerprint density at radius 3 is 2.39 bits per heavy atom. The van der Waals surface area contributed by atoms with Gasteiger partial charge in [-0.15, -0.1) is 0 Å². The number of amides is 1. The largest absolute Gasteiger partial charge is 0.477 e. The minimum atomic E-state index is -1.19. The van der Waals surface area contributed by atoms with Crippen molar-refractivity contribution in [3.05, 3.63) is 77.6 Å². The van der Waals surface area contributed by atoms with Gasteiger partial charge in [0.2, 0.25) is 0 Å². The van der Waals surface area contributed by atoms with Crippen molar-refractivity contribution in [2.24, 2.45) is 5.41 Å². The topological polar surface area (TPSA) is 121 Å². The number of hydrogen-bond donors (Lipinski definition) is 3. The molecule has 8 heteroatoms. The third-order valence-electron chi connectivity index (χ3n) is 6.57. The van der Waals surface area contributed by atoms with E-state index in [0.717, 1.165) is 42.4 Å². The van der Waals surface area contributed by atoms with Gasteiger partial charge in [-0.05, 0) is 48.8 Å². The van der Waals surface area contributed by atoms with Crippen molar-refractivity contribution < 1.29 is 24.2 Å². The van der Waals surface area contributed by atoms with Gasteiger partial charge in [0.15, 0.2) is 5.69 Å². The van der Waals surface area contributed by atoms with E-state index in [4.69, 9.17) is 9.84 Å². The lowest BCUT2D eigenvalue weighted by Gasteiger charge is -2.23. The van der Waals surface area contributed by atoms with Gasteiger partial charge in [0.25, 0.3) is 5.91 Å². The second-order valence-corrected chi connectivity index (χ2v) is 9.38. The van der Waals surface area contributed by atoms with Crippen molar-refractivity contribution in [3.63, 3.8) is 0 Å². The van der Waals surface area contributed by atoms with Crippen LogP contribution in [0.4, 0.5) is 0 Å². The lowest BCUT2D eigenvalue weighted by atomic mass is 9.92. The number of carboxylic acids is 1. The van der Waals surface area contributed by atoms with Crippen LogP contribution in [-0.2, 0) is 16.0 Å². The zero-order valence-corrected chi connectivity index (χ0v) is 20.3. The minimum absolute atomic E-state index is 0.00723. The maximum Gasteiger partial charge on any atom is 0.353 e. The zero-order valence-electron chi connectivity index (χ0n) is 20.3. The third-order valence-corrected chi connectivity index (χ3v) is 6.57. The number of aromatic carboxylic acids is 1. The number of carboxylic acid groups (broad SMARTS) is 1. The molecule has 3 aromatic rings. The quantitative estimate of drug-likeness (QED) is 0.252. The second-order valence-electron chi connectivity index (χ2n) is 9.38. The van der Waals surface area contributed by atoms with Crippen molar-refractivity contribution in [2.75, 3.05) is 6.61 Å². The van der Waals surface area contributed by atoms with Gasteiger partial charge in [-0.3, -0.25) is 14.7 Å². The molecule has 0 radical (unpaired) electrons. The smallest absolute Gasteiger partial charge is 0.353 e. The summed E-state index contributed by atoms with van der Waals surface area (Å²) in [5.41, 5.74) is 2.47. The van der Waals surface area contributed by atoms with E-state index in [-0.39, 0.29) is 23.4 Å². The van der Waals surface area contributed by atoms with Crippen LogP contribution in [0, 0.1) is 5.41 Å². The number of ether oxygens (including phenoxy) is 1. The van der Waals surface area contributed by atoms with Crippen LogP contribution < -0.4 is 5.32 Å². The average molecular weight is 490 g/mol. The summed E-state index contributed by atoms with van der Waals surface area (Å²) in [6, 6.07) is 19.1. The number of rotatable bonds is 12. The molecule has 1 aliphatic carbocycles. The average Bonchev–Trinajstić information content (AvgIpc) is 3.48. The molecule has 4 rings (SSSR count). The van der Waals surface area contributed by atoms with Gasteiger partial charge in [-0.1, -0.05) is 67.9 Å². The van der Waals surface area contributed by atoms with Crippen LogP contribution in [0.1, 0.15) is 65.6 Å². The first-order chi connectivity index (χ1) is 17.4.